The van der Waals surface area contributed by atoms with Crippen molar-refractivity contribution in [3.63, 3.8) is 0 Å². The molecule has 0 unspecified atom stereocenters. The summed E-state index contributed by atoms with van der Waals surface area (Å²) in [5.74, 6) is -0.334. The van der Waals surface area contributed by atoms with Crippen LogP contribution in [-0.4, -0.2) is 54.2 Å². The number of rotatable bonds is 10. The quantitative estimate of drug-likeness (QED) is 0.525. The molecule has 6 nitrogen and oxygen atoms in total. The molecule has 0 saturated carbocycles. The number of nitrogens with one attached hydrogen (secondary N) is 2. The summed E-state index contributed by atoms with van der Waals surface area (Å²) in [5.41, 5.74) is 0. The first-order valence-corrected chi connectivity index (χ1v) is 7.51. The topological polar surface area (TPSA) is 81.7 Å². The van der Waals surface area contributed by atoms with Gasteiger partial charge in [-0.1, -0.05) is 27.2 Å². The van der Waals surface area contributed by atoms with Gasteiger partial charge in [-0.3, -0.25) is 15.0 Å². The van der Waals surface area contributed by atoms with Gasteiger partial charge in [0.2, 0.25) is 5.91 Å². The molecule has 3 N–H and O–H groups in total. The highest BCUT2D eigenvalue weighted by Gasteiger charge is 2.18. The number of amides is 3. The maximum atomic E-state index is 11.8. The molecule has 0 aliphatic carbocycles. The van der Waals surface area contributed by atoms with Gasteiger partial charge in [0, 0.05) is 19.1 Å². The first kappa shape index (κ1) is 18.9. The Kier molecular flexibility index (Phi) is 11.0. The molecule has 0 rings (SSSR count). The molecule has 0 aromatic carbocycles. The molecule has 6 heteroatoms. The number of imide groups is 1. The van der Waals surface area contributed by atoms with Crippen molar-refractivity contribution < 1.29 is 14.7 Å². The molecule has 0 atom stereocenters. The molecule has 0 heterocycles. The minimum atomic E-state index is -0.447. The van der Waals surface area contributed by atoms with Crippen molar-refractivity contribution in [2.24, 2.45) is 0 Å². The van der Waals surface area contributed by atoms with Crippen LogP contribution in [0.4, 0.5) is 4.79 Å². The van der Waals surface area contributed by atoms with Crippen LogP contribution in [0.3, 0.4) is 0 Å². The maximum absolute atomic E-state index is 11.8. The number of unbranched alkanes of at least 4 members (excludes halogenated alkanes) is 1. The van der Waals surface area contributed by atoms with E-state index >= 15 is 0 Å². The van der Waals surface area contributed by atoms with Gasteiger partial charge in [-0.15, -0.1) is 0 Å². The summed E-state index contributed by atoms with van der Waals surface area (Å²) in [6.07, 6.45) is 3.71. The molecule has 20 heavy (non-hydrogen) atoms. The van der Waals surface area contributed by atoms with Crippen molar-refractivity contribution in [2.45, 2.75) is 52.5 Å². The number of aliphatic hydroxyl groups is 1. The van der Waals surface area contributed by atoms with Crippen molar-refractivity contribution in [1.29, 1.82) is 0 Å². The Hall–Kier alpha value is -1.14. The van der Waals surface area contributed by atoms with Crippen LogP contribution in [0.1, 0.15) is 46.5 Å². The fraction of sp³-hybridized carbons (Fsp3) is 0.857. The highest BCUT2D eigenvalue weighted by molar-refractivity contribution is 5.95. The van der Waals surface area contributed by atoms with Gasteiger partial charge in [-0.2, -0.15) is 0 Å². The SMILES string of the molecule is CCCCNC(=O)NC(=O)CN(CCO)C(CC)CC. The largest absolute Gasteiger partial charge is 0.395 e. The summed E-state index contributed by atoms with van der Waals surface area (Å²) in [4.78, 5) is 25.2. The van der Waals surface area contributed by atoms with E-state index in [2.05, 4.69) is 10.6 Å². The number of nitrogens with zero attached hydrogens (tertiary/aromatic N) is 1. The number of carbonyl (C=O) groups is 2. The van der Waals surface area contributed by atoms with Crippen LogP contribution >= 0.6 is 0 Å². The number of hydrogen-bond donors (Lipinski definition) is 3. The van der Waals surface area contributed by atoms with Gasteiger partial charge in [0.15, 0.2) is 0 Å². The van der Waals surface area contributed by atoms with E-state index < -0.39 is 6.03 Å². The van der Waals surface area contributed by atoms with E-state index in [0.717, 1.165) is 25.7 Å². The second kappa shape index (κ2) is 11.7. The monoisotopic (exact) mass is 287 g/mol. The maximum Gasteiger partial charge on any atom is 0.321 e. The summed E-state index contributed by atoms with van der Waals surface area (Å²) in [5, 5.41) is 14.0. The third kappa shape index (κ3) is 8.12. The summed E-state index contributed by atoms with van der Waals surface area (Å²) < 4.78 is 0. The van der Waals surface area contributed by atoms with Gasteiger partial charge in [0.1, 0.15) is 0 Å². The normalized spacial score (nSPS) is 10.9. The Labute approximate surface area is 121 Å². The second-order valence-electron chi connectivity index (χ2n) is 4.82. The molecule has 0 spiro atoms. The zero-order chi connectivity index (χ0) is 15.4. The number of urea groups is 1. The van der Waals surface area contributed by atoms with Crippen LogP contribution in [0.2, 0.25) is 0 Å². The molecular formula is C14H29N3O3. The van der Waals surface area contributed by atoms with Gasteiger partial charge >= 0.3 is 6.03 Å². The lowest BCUT2D eigenvalue weighted by molar-refractivity contribution is -0.121. The standard InChI is InChI=1S/C14H29N3O3/c1-4-7-8-15-14(20)16-13(19)11-17(9-10-18)12(5-2)6-3/h12,18H,4-11H2,1-3H3,(H2,15,16,19,20). The predicted octanol–water partition coefficient (Wildman–Crippen LogP) is 1.10. The molecule has 0 bridgehead atoms. The zero-order valence-corrected chi connectivity index (χ0v) is 12.9. The number of carbonyl (C=O) groups excluding carboxylic acids is 2. The van der Waals surface area contributed by atoms with Crippen molar-refractivity contribution >= 4 is 11.9 Å². The van der Waals surface area contributed by atoms with Gasteiger partial charge < -0.3 is 10.4 Å². The highest BCUT2D eigenvalue weighted by atomic mass is 16.3. The molecule has 0 aromatic rings. The predicted molar refractivity (Wildman–Crippen MR) is 79.5 cm³/mol. The average Bonchev–Trinajstić information content (AvgIpc) is 2.40. The van der Waals surface area contributed by atoms with E-state index in [1.807, 2.05) is 25.7 Å². The lowest BCUT2D eigenvalue weighted by atomic mass is 10.1. The third-order valence-corrected chi connectivity index (χ3v) is 3.26. The Morgan fingerprint density at radius 1 is 1.20 bits per heavy atom. The molecule has 0 aliphatic heterocycles. The van der Waals surface area contributed by atoms with Crippen LogP contribution in [0.15, 0.2) is 0 Å². The van der Waals surface area contributed by atoms with E-state index in [1.54, 1.807) is 0 Å². The van der Waals surface area contributed by atoms with Crippen LogP contribution in [0.25, 0.3) is 0 Å². The van der Waals surface area contributed by atoms with Crippen LogP contribution in [0.5, 0.6) is 0 Å². The number of hydrogen-bond acceptors (Lipinski definition) is 4. The summed E-state index contributed by atoms with van der Waals surface area (Å²) in [6, 6.07) is -0.201. The Bertz CT molecular complexity index is 281. The number of aliphatic hydroxyl groups excluding tert-OH is 1. The zero-order valence-electron chi connectivity index (χ0n) is 12.9. The van der Waals surface area contributed by atoms with Gasteiger partial charge in [-0.05, 0) is 19.3 Å². The van der Waals surface area contributed by atoms with E-state index in [-0.39, 0.29) is 25.1 Å². The van der Waals surface area contributed by atoms with Crippen LogP contribution in [-0.2, 0) is 4.79 Å². The first-order valence-electron chi connectivity index (χ1n) is 7.51. The molecule has 0 saturated heterocycles. The van der Waals surface area contributed by atoms with Crippen LogP contribution in [0, 0.1) is 0 Å². The molecule has 3 amide bonds. The van der Waals surface area contributed by atoms with Crippen molar-refractivity contribution in [2.75, 3.05) is 26.2 Å². The van der Waals surface area contributed by atoms with E-state index in [1.165, 1.54) is 0 Å². The fourth-order valence-electron chi connectivity index (χ4n) is 2.10. The van der Waals surface area contributed by atoms with Crippen LogP contribution < -0.4 is 10.6 Å². The van der Waals surface area contributed by atoms with Gasteiger partial charge in [0.05, 0.1) is 13.2 Å². The molecule has 0 aliphatic rings. The Morgan fingerprint density at radius 3 is 2.35 bits per heavy atom. The van der Waals surface area contributed by atoms with Crippen molar-refractivity contribution in [1.82, 2.24) is 15.5 Å². The molecule has 118 valence electrons. The van der Waals surface area contributed by atoms with Crippen molar-refractivity contribution in [3.05, 3.63) is 0 Å². The summed E-state index contributed by atoms with van der Waals surface area (Å²) in [6.45, 7) is 7.29. The fourth-order valence-corrected chi connectivity index (χ4v) is 2.10. The molecular weight excluding hydrogens is 258 g/mol. The Morgan fingerprint density at radius 2 is 1.85 bits per heavy atom. The second-order valence-corrected chi connectivity index (χ2v) is 4.82. The van der Waals surface area contributed by atoms with Gasteiger partial charge in [0.25, 0.3) is 0 Å². The molecule has 0 aromatic heterocycles. The summed E-state index contributed by atoms with van der Waals surface area (Å²) in [7, 11) is 0. The van der Waals surface area contributed by atoms with E-state index in [4.69, 9.17) is 5.11 Å². The Balaban J connectivity index is 4.21. The summed E-state index contributed by atoms with van der Waals surface area (Å²) >= 11 is 0. The minimum absolute atomic E-state index is 0.00643. The lowest BCUT2D eigenvalue weighted by Crippen LogP contribution is -2.47. The molecule has 0 radical (unpaired) electrons. The average molecular weight is 287 g/mol. The highest BCUT2D eigenvalue weighted by Crippen LogP contribution is 2.07. The lowest BCUT2D eigenvalue weighted by Gasteiger charge is -2.28. The smallest absolute Gasteiger partial charge is 0.321 e. The van der Waals surface area contributed by atoms with Gasteiger partial charge in [-0.25, -0.2) is 4.79 Å². The van der Waals surface area contributed by atoms with Crippen molar-refractivity contribution in [3.8, 4) is 0 Å². The third-order valence-electron chi connectivity index (χ3n) is 3.26. The minimum Gasteiger partial charge on any atom is -0.395 e. The molecule has 0 fully saturated rings. The van der Waals surface area contributed by atoms with E-state index in [9.17, 15) is 9.59 Å². The van der Waals surface area contributed by atoms with E-state index in [0.29, 0.717) is 13.1 Å². The first-order chi connectivity index (χ1) is 9.58.